The monoisotopic (exact) mass is 419 g/mol. The third kappa shape index (κ3) is 4.58. The van der Waals surface area contributed by atoms with Crippen LogP contribution in [0.3, 0.4) is 0 Å². The van der Waals surface area contributed by atoms with Crippen LogP contribution < -0.4 is 10.1 Å². The molecule has 0 spiro atoms. The number of amides is 1. The third-order valence-corrected chi connectivity index (χ3v) is 5.54. The number of aryl methyl sites for hydroxylation is 1. The molecule has 2 aromatic heterocycles. The number of benzene rings is 2. The topological polar surface area (TPSA) is 77.2 Å². The van der Waals surface area contributed by atoms with Crippen LogP contribution in [-0.4, -0.2) is 22.7 Å². The largest absolute Gasteiger partial charge is 0.494 e. The molecule has 1 amide bonds. The minimum Gasteiger partial charge on any atom is -0.494 e. The predicted octanol–water partition coefficient (Wildman–Crippen LogP) is 5.10. The normalized spacial score (nSPS) is 10.7. The summed E-state index contributed by atoms with van der Waals surface area (Å²) >= 11 is 1.33. The van der Waals surface area contributed by atoms with Gasteiger partial charge in [0.1, 0.15) is 5.75 Å². The van der Waals surface area contributed by atoms with Crippen molar-refractivity contribution in [2.75, 3.05) is 6.61 Å². The third-order valence-electron chi connectivity index (χ3n) is 4.46. The molecule has 0 radical (unpaired) electrons. The molecule has 0 aliphatic heterocycles. The summed E-state index contributed by atoms with van der Waals surface area (Å²) < 4.78 is 10.8. The molecule has 0 fully saturated rings. The number of hydrogen-bond donors (Lipinski definition) is 1. The first-order valence-corrected chi connectivity index (χ1v) is 10.4. The maximum atomic E-state index is 12.5. The van der Waals surface area contributed by atoms with E-state index in [1.54, 1.807) is 6.07 Å². The Labute approximate surface area is 178 Å². The second-order valence-corrected chi connectivity index (χ2v) is 7.80. The molecule has 152 valence electrons. The number of carbonyl (C=O) groups excluding carboxylic acids is 1. The van der Waals surface area contributed by atoms with Crippen molar-refractivity contribution in [2.45, 2.75) is 20.4 Å². The second-order valence-electron chi connectivity index (χ2n) is 6.71. The van der Waals surface area contributed by atoms with Gasteiger partial charge in [0, 0.05) is 12.1 Å². The molecule has 4 aromatic rings. The highest BCUT2D eigenvalue weighted by atomic mass is 32.1. The summed E-state index contributed by atoms with van der Waals surface area (Å²) in [5.74, 6) is 1.61. The first-order chi connectivity index (χ1) is 14.6. The fraction of sp³-hybridized carbons (Fsp3) is 0.174. The Hall–Kier alpha value is -3.45. The van der Waals surface area contributed by atoms with E-state index in [0.29, 0.717) is 29.7 Å². The Bertz CT molecular complexity index is 1130. The van der Waals surface area contributed by atoms with E-state index in [1.165, 1.54) is 11.3 Å². The first-order valence-electron chi connectivity index (χ1n) is 9.63. The summed E-state index contributed by atoms with van der Waals surface area (Å²) in [5, 5.41) is 6.99. The molecule has 0 saturated carbocycles. The highest BCUT2D eigenvalue weighted by Gasteiger charge is 2.15. The minimum absolute atomic E-state index is 0.137. The van der Waals surface area contributed by atoms with Gasteiger partial charge < -0.3 is 14.6 Å². The van der Waals surface area contributed by atoms with Crippen LogP contribution in [0, 0.1) is 6.92 Å². The number of rotatable bonds is 7. The van der Waals surface area contributed by atoms with Crippen molar-refractivity contribution in [3.05, 3.63) is 76.7 Å². The number of hydrogen-bond acceptors (Lipinski definition) is 6. The first kappa shape index (κ1) is 19.8. The molecular weight excluding hydrogens is 398 g/mol. The molecule has 30 heavy (non-hydrogen) atoms. The lowest BCUT2D eigenvalue weighted by atomic mass is 10.1. The number of nitrogens with zero attached hydrogens (tertiary/aromatic N) is 2. The van der Waals surface area contributed by atoms with Crippen LogP contribution in [0.4, 0.5) is 0 Å². The molecule has 6 nitrogen and oxygen atoms in total. The summed E-state index contributed by atoms with van der Waals surface area (Å²) in [6, 6.07) is 19.2. The Morgan fingerprint density at radius 1 is 1.07 bits per heavy atom. The number of nitrogens with one attached hydrogen (secondary N) is 1. The quantitative estimate of drug-likeness (QED) is 0.451. The summed E-state index contributed by atoms with van der Waals surface area (Å²) in [6.07, 6.45) is 0. The van der Waals surface area contributed by atoms with Gasteiger partial charge in [-0.1, -0.05) is 35.0 Å². The van der Waals surface area contributed by atoms with Crippen molar-refractivity contribution in [3.8, 4) is 27.9 Å². The molecule has 0 saturated heterocycles. The van der Waals surface area contributed by atoms with Gasteiger partial charge in [-0.05, 0) is 55.8 Å². The lowest BCUT2D eigenvalue weighted by molar-refractivity contribution is 0.0955. The van der Waals surface area contributed by atoms with E-state index in [2.05, 4.69) is 15.5 Å². The Morgan fingerprint density at radius 3 is 2.57 bits per heavy atom. The summed E-state index contributed by atoms with van der Waals surface area (Å²) in [5.41, 5.74) is 3.03. The Balaban J connectivity index is 1.40. The zero-order chi connectivity index (χ0) is 20.9. The second kappa shape index (κ2) is 8.92. The zero-order valence-electron chi connectivity index (χ0n) is 16.7. The van der Waals surface area contributed by atoms with Gasteiger partial charge in [0.2, 0.25) is 5.82 Å². The number of ether oxygens (including phenoxy) is 1. The van der Waals surface area contributed by atoms with Crippen molar-refractivity contribution in [2.24, 2.45) is 0 Å². The van der Waals surface area contributed by atoms with Crippen molar-refractivity contribution in [1.82, 2.24) is 15.5 Å². The maximum absolute atomic E-state index is 12.5. The smallest absolute Gasteiger partial charge is 0.261 e. The lowest BCUT2D eigenvalue weighted by Gasteiger charge is -2.06. The van der Waals surface area contributed by atoms with Crippen LogP contribution in [0.2, 0.25) is 0 Å². The number of aromatic nitrogens is 2. The minimum atomic E-state index is -0.137. The zero-order valence-corrected chi connectivity index (χ0v) is 17.5. The SMILES string of the molecule is CCOc1ccc(CNC(=O)c2ccc(-c3noc(-c4ccc(C)cc4)n3)s2)cc1. The molecule has 0 atom stereocenters. The average molecular weight is 420 g/mol. The van der Waals surface area contributed by atoms with Crippen LogP contribution in [0.15, 0.2) is 65.2 Å². The average Bonchev–Trinajstić information content (AvgIpc) is 3.44. The van der Waals surface area contributed by atoms with Crippen molar-refractivity contribution >= 4 is 17.2 Å². The van der Waals surface area contributed by atoms with Crippen LogP contribution in [0.1, 0.15) is 27.7 Å². The van der Waals surface area contributed by atoms with Gasteiger partial charge in [-0.3, -0.25) is 4.79 Å². The maximum Gasteiger partial charge on any atom is 0.261 e. The summed E-state index contributed by atoms with van der Waals surface area (Å²) in [7, 11) is 0. The molecule has 0 aliphatic carbocycles. The van der Waals surface area contributed by atoms with Crippen LogP contribution in [-0.2, 0) is 6.54 Å². The van der Waals surface area contributed by atoms with Crippen LogP contribution in [0.5, 0.6) is 5.75 Å². The number of carbonyl (C=O) groups is 1. The van der Waals surface area contributed by atoms with Gasteiger partial charge in [-0.2, -0.15) is 4.98 Å². The van der Waals surface area contributed by atoms with E-state index in [9.17, 15) is 4.79 Å². The van der Waals surface area contributed by atoms with E-state index in [-0.39, 0.29) is 5.91 Å². The van der Waals surface area contributed by atoms with E-state index in [0.717, 1.165) is 27.3 Å². The van der Waals surface area contributed by atoms with E-state index in [4.69, 9.17) is 9.26 Å². The molecule has 4 rings (SSSR count). The lowest BCUT2D eigenvalue weighted by Crippen LogP contribution is -2.21. The predicted molar refractivity (Wildman–Crippen MR) is 117 cm³/mol. The van der Waals surface area contributed by atoms with Gasteiger partial charge >= 0.3 is 0 Å². The highest BCUT2D eigenvalue weighted by Crippen LogP contribution is 2.28. The molecule has 0 unspecified atom stereocenters. The standard InChI is InChI=1S/C23H21N3O3S/c1-3-28-18-10-6-16(7-11-18)14-24-22(27)20-13-12-19(30-20)21-25-23(29-26-21)17-8-4-15(2)5-9-17/h4-13H,3,14H2,1-2H3,(H,24,27). The molecule has 2 heterocycles. The van der Waals surface area contributed by atoms with E-state index in [1.807, 2.05) is 68.4 Å². The van der Waals surface area contributed by atoms with Gasteiger partial charge in [-0.15, -0.1) is 11.3 Å². The fourth-order valence-electron chi connectivity index (χ4n) is 2.86. The summed E-state index contributed by atoms with van der Waals surface area (Å²) in [6.45, 7) is 5.04. The fourth-order valence-corrected chi connectivity index (χ4v) is 3.70. The molecule has 7 heteroatoms. The molecule has 1 N–H and O–H groups in total. The summed E-state index contributed by atoms with van der Waals surface area (Å²) in [4.78, 5) is 18.3. The highest BCUT2D eigenvalue weighted by molar-refractivity contribution is 7.17. The molecule has 2 aromatic carbocycles. The van der Waals surface area contributed by atoms with Gasteiger partial charge in [-0.25, -0.2) is 0 Å². The molecule has 0 bridgehead atoms. The van der Waals surface area contributed by atoms with Crippen molar-refractivity contribution < 1.29 is 14.1 Å². The van der Waals surface area contributed by atoms with Crippen LogP contribution >= 0.6 is 11.3 Å². The van der Waals surface area contributed by atoms with Crippen LogP contribution in [0.25, 0.3) is 22.2 Å². The number of thiophene rings is 1. The van der Waals surface area contributed by atoms with E-state index >= 15 is 0 Å². The Kier molecular flexibility index (Phi) is 5.90. The van der Waals surface area contributed by atoms with Crippen molar-refractivity contribution in [1.29, 1.82) is 0 Å². The molecular formula is C23H21N3O3S. The van der Waals surface area contributed by atoms with Gasteiger partial charge in [0.25, 0.3) is 11.8 Å². The van der Waals surface area contributed by atoms with Gasteiger partial charge in [0.05, 0.1) is 16.4 Å². The molecule has 0 aliphatic rings. The van der Waals surface area contributed by atoms with Crippen molar-refractivity contribution in [3.63, 3.8) is 0 Å². The van der Waals surface area contributed by atoms with E-state index < -0.39 is 0 Å². The van der Waals surface area contributed by atoms with Gasteiger partial charge in [0.15, 0.2) is 0 Å². The Morgan fingerprint density at radius 2 is 1.83 bits per heavy atom.